The van der Waals surface area contributed by atoms with Crippen LogP contribution in [0.2, 0.25) is 0 Å². The van der Waals surface area contributed by atoms with Gasteiger partial charge >= 0.3 is 5.97 Å². The Bertz CT molecular complexity index is 348. The molecule has 1 rings (SSSR count). The first-order valence-electron chi connectivity index (χ1n) is 3.45. The van der Waals surface area contributed by atoms with Gasteiger partial charge in [0, 0.05) is 10.0 Å². The van der Waals surface area contributed by atoms with Crippen molar-refractivity contribution >= 4 is 34.3 Å². The lowest BCUT2D eigenvalue weighted by molar-refractivity contribution is -0.138. The van der Waals surface area contributed by atoms with Crippen molar-refractivity contribution in [1.29, 1.82) is 0 Å². The number of hydrogen-bond donors (Lipinski definition) is 2. The maximum atomic E-state index is 13.1. The molecule has 1 aromatic carbocycles. The summed E-state index contributed by atoms with van der Waals surface area (Å²) in [5.41, 5.74) is 5.22. The molecule has 0 bridgehead atoms. The van der Waals surface area contributed by atoms with Gasteiger partial charge in [0.25, 0.3) is 0 Å². The molecule has 0 radical (unpaired) electrons. The Morgan fingerprint density at radius 3 is 2.57 bits per heavy atom. The Balaban J connectivity index is 0.00000169. The minimum atomic E-state index is -1.31. The fourth-order valence-corrected chi connectivity index (χ4v) is 1.22. The van der Waals surface area contributed by atoms with E-state index in [0.29, 0.717) is 4.47 Å². The highest BCUT2D eigenvalue weighted by Gasteiger charge is 2.17. The smallest absolute Gasteiger partial charge is 0.325 e. The second-order valence-corrected chi connectivity index (χ2v) is 3.40. The quantitative estimate of drug-likeness (QED) is 0.874. The molecule has 1 aromatic rings. The standard InChI is InChI=1S/C8H7BrFNO2.ClH/c9-4-1-2-5(6(10)3-4)7(11)8(12)13;/h1-3,7H,11H2,(H,12,13);1H. The number of rotatable bonds is 2. The van der Waals surface area contributed by atoms with Gasteiger partial charge in [0.15, 0.2) is 0 Å². The molecular formula is C8H8BrClFNO2. The van der Waals surface area contributed by atoms with E-state index in [-0.39, 0.29) is 18.0 Å². The predicted octanol–water partition coefficient (Wildman–Crippen LogP) is 2.09. The van der Waals surface area contributed by atoms with E-state index in [4.69, 9.17) is 10.8 Å². The molecule has 6 heteroatoms. The summed E-state index contributed by atoms with van der Waals surface area (Å²) in [6.07, 6.45) is 0. The minimum Gasteiger partial charge on any atom is -0.480 e. The van der Waals surface area contributed by atoms with Gasteiger partial charge in [-0.15, -0.1) is 12.4 Å². The first kappa shape index (κ1) is 13.4. The topological polar surface area (TPSA) is 63.3 Å². The van der Waals surface area contributed by atoms with Crippen LogP contribution in [0.25, 0.3) is 0 Å². The Morgan fingerprint density at radius 1 is 1.57 bits per heavy atom. The lowest BCUT2D eigenvalue weighted by Gasteiger charge is -2.07. The molecule has 0 saturated heterocycles. The highest BCUT2D eigenvalue weighted by Crippen LogP contribution is 2.19. The summed E-state index contributed by atoms with van der Waals surface area (Å²) < 4.78 is 13.6. The van der Waals surface area contributed by atoms with Gasteiger partial charge in [0.2, 0.25) is 0 Å². The van der Waals surface area contributed by atoms with Gasteiger partial charge in [-0.25, -0.2) is 4.39 Å². The first-order valence-corrected chi connectivity index (χ1v) is 4.25. The van der Waals surface area contributed by atoms with Crippen LogP contribution in [0.5, 0.6) is 0 Å². The maximum Gasteiger partial charge on any atom is 0.325 e. The number of benzene rings is 1. The lowest BCUT2D eigenvalue weighted by Crippen LogP contribution is -2.21. The van der Waals surface area contributed by atoms with Gasteiger partial charge in [0.1, 0.15) is 11.9 Å². The SMILES string of the molecule is Cl.NC(C(=O)O)c1ccc(Br)cc1F. The van der Waals surface area contributed by atoms with Crippen molar-refractivity contribution in [3.05, 3.63) is 34.1 Å². The van der Waals surface area contributed by atoms with Gasteiger partial charge in [-0.05, 0) is 12.1 Å². The molecular weight excluding hydrogens is 276 g/mol. The van der Waals surface area contributed by atoms with E-state index in [1.165, 1.54) is 12.1 Å². The minimum absolute atomic E-state index is 0. The highest BCUT2D eigenvalue weighted by molar-refractivity contribution is 9.10. The third kappa shape index (κ3) is 2.94. The number of halogens is 3. The summed E-state index contributed by atoms with van der Waals surface area (Å²) in [4.78, 5) is 10.4. The van der Waals surface area contributed by atoms with Crippen molar-refractivity contribution in [2.24, 2.45) is 5.73 Å². The number of carbonyl (C=O) groups is 1. The van der Waals surface area contributed by atoms with Gasteiger partial charge < -0.3 is 10.8 Å². The summed E-state index contributed by atoms with van der Waals surface area (Å²) in [6.45, 7) is 0. The number of carboxylic acids is 1. The second kappa shape index (κ2) is 5.29. The molecule has 0 fully saturated rings. The van der Waals surface area contributed by atoms with Crippen LogP contribution in [0, 0.1) is 5.82 Å². The maximum absolute atomic E-state index is 13.1. The molecule has 1 atom stereocenters. The van der Waals surface area contributed by atoms with E-state index >= 15 is 0 Å². The molecule has 0 aliphatic carbocycles. The van der Waals surface area contributed by atoms with Gasteiger partial charge in [-0.1, -0.05) is 22.0 Å². The van der Waals surface area contributed by atoms with E-state index in [2.05, 4.69) is 15.9 Å². The fraction of sp³-hybridized carbons (Fsp3) is 0.125. The largest absolute Gasteiger partial charge is 0.480 e. The van der Waals surface area contributed by atoms with E-state index in [9.17, 15) is 9.18 Å². The second-order valence-electron chi connectivity index (χ2n) is 2.48. The van der Waals surface area contributed by atoms with Crippen LogP contribution in [0.4, 0.5) is 4.39 Å². The molecule has 0 heterocycles. The van der Waals surface area contributed by atoms with E-state index in [0.717, 1.165) is 0 Å². The van der Waals surface area contributed by atoms with Gasteiger partial charge in [-0.3, -0.25) is 4.79 Å². The van der Waals surface area contributed by atoms with E-state index < -0.39 is 17.8 Å². The summed E-state index contributed by atoms with van der Waals surface area (Å²) in [5, 5.41) is 8.53. The van der Waals surface area contributed by atoms with Crippen LogP contribution in [-0.2, 0) is 4.79 Å². The van der Waals surface area contributed by atoms with Crippen molar-refractivity contribution in [1.82, 2.24) is 0 Å². The third-order valence-corrected chi connectivity index (χ3v) is 2.06. The Labute approximate surface area is 94.6 Å². The van der Waals surface area contributed by atoms with Crippen molar-refractivity contribution < 1.29 is 14.3 Å². The number of aliphatic carboxylic acids is 1. The molecule has 1 unspecified atom stereocenters. The molecule has 3 nitrogen and oxygen atoms in total. The monoisotopic (exact) mass is 283 g/mol. The molecule has 0 aromatic heterocycles. The molecule has 0 aliphatic rings. The molecule has 0 saturated carbocycles. The Kier molecular flexibility index (Phi) is 5.04. The number of hydrogen-bond acceptors (Lipinski definition) is 2. The normalized spacial score (nSPS) is 11.6. The average Bonchev–Trinajstić information content (AvgIpc) is 2.03. The van der Waals surface area contributed by atoms with Crippen LogP contribution < -0.4 is 5.73 Å². The van der Waals surface area contributed by atoms with Gasteiger partial charge in [-0.2, -0.15) is 0 Å². The molecule has 0 amide bonds. The predicted molar refractivity (Wildman–Crippen MR) is 55.9 cm³/mol. The average molecular weight is 285 g/mol. The zero-order valence-electron chi connectivity index (χ0n) is 6.91. The Hall–Kier alpha value is -0.650. The summed E-state index contributed by atoms with van der Waals surface area (Å²) >= 11 is 3.05. The fourth-order valence-electron chi connectivity index (χ4n) is 0.887. The first-order chi connectivity index (χ1) is 6.02. The molecule has 14 heavy (non-hydrogen) atoms. The Morgan fingerprint density at radius 2 is 2.14 bits per heavy atom. The molecule has 0 spiro atoms. The zero-order valence-corrected chi connectivity index (χ0v) is 9.31. The van der Waals surface area contributed by atoms with E-state index in [1.807, 2.05) is 0 Å². The lowest BCUT2D eigenvalue weighted by atomic mass is 10.1. The van der Waals surface area contributed by atoms with Crippen LogP contribution in [-0.4, -0.2) is 11.1 Å². The van der Waals surface area contributed by atoms with Crippen LogP contribution >= 0.6 is 28.3 Å². The van der Waals surface area contributed by atoms with Gasteiger partial charge in [0.05, 0.1) is 0 Å². The summed E-state index contributed by atoms with van der Waals surface area (Å²) in [7, 11) is 0. The van der Waals surface area contributed by atoms with Crippen molar-refractivity contribution in [2.75, 3.05) is 0 Å². The zero-order chi connectivity index (χ0) is 10.0. The van der Waals surface area contributed by atoms with Crippen molar-refractivity contribution in [3.63, 3.8) is 0 Å². The molecule has 3 N–H and O–H groups in total. The highest BCUT2D eigenvalue weighted by atomic mass is 79.9. The van der Waals surface area contributed by atoms with Crippen LogP contribution in [0.3, 0.4) is 0 Å². The summed E-state index contributed by atoms with van der Waals surface area (Å²) in [5.74, 6) is -1.87. The number of nitrogens with two attached hydrogens (primary N) is 1. The summed E-state index contributed by atoms with van der Waals surface area (Å²) in [6, 6.07) is 2.76. The van der Waals surface area contributed by atoms with Crippen molar-refractivity contribution in [2.45, 2.75) is 6.04 Å². The van der Waals surface area contributed by atoms with E-state index in [1.54, 1.807) is 6.07 Å². The number of carboxylic acid groups (broad SMARTS) is 1. The third-order valence-electron chi connectivity index (χ3n) is 1.56. The van der Waals surface area contributed by atoms with Crippen LogP contribution in [0.1, 0.15) is 11.6 Å². The molecule has 0 aliphatic heterocycles. The molecule has 78 valence electrons. The van der Waals surface area contributed by atoms with Crippen molar-refractivity contribution in [3.8, 4) is 0 Å². The van der Waals surface area contributed by atoms with Crippen LogP contribution in [0.15, 0.2) is 22.7 Å².